The van der Waals surface area contributed by atoms with E-state index in [1.54, 1.807) is 29.2 Å². The summed E-state index contributed by atoms with van der Waals surface area (Å²) in [7, 11) is 0. The molecule has 0 spiro atoms. The molecule has 2 aromatic carbocycles. The van der Waals surface area contributed by atoms with E-state index in [0.29, 0.717) is 21.7 Å². The zero-order valence-electron chi connectivity index (χ0n) is 15.0. The molecule has 3 saturated heterocycles. The maximum absolute atomic E-state index is 13.2. The number of halogens is 2. The van der Waals surface area contributed by atoms with Crippen molar-refractivity contribution in [2.24, 2.45) is 5.92 Å². The molecule has 0 radical (unpaired) electrons. The van der Waals surface area contributed by atoms with Gasteiger partial charge in [0.1, 0.15) is 5.75 Å². The first-order chi connectivity index (χ1) is 13.1. The second-order valence-electron chi connectivity index (χ2n) is 7.32. The molecule has 4 nitrogen and oxygen atoms in total. The van der Waals surface area contributed by atoms with Crippen molar-refractivity contribution in [1.29, 1.82) is 0 Å². The van der Waals surface area contributed by atoms with Crippen LogP contribution in [0.15, 0.2) is 48.5 Å². The Morgan fingerprint density at radius 1 is 1.07 bits per heavy atom. The van der Waals surface area contributed by atoms with Crippen molar-refractivity contribution in [3.63, 3.8) is 0 Å². The van der Waals surface area contributed by atoms with Gasteiger partial charge in [-0.1, -0.05) is 35.3 Å². The molecular weight excluding hydrogens is 383 g/mol. The maximum Gasteiger partial charge on any atom is 0.265 e. The van der Waals surface area contributed by atoms with Crippen LogP contribution in [0.25, 0.3) is 0 Å². The number of piperidine rings is 3. The fourth-order valence-corrected chi connectivity index (χ4v) is 4.65. The first-order valence-electron chi connectivity index (χ1n) is 9.40. The summed E-state index contributed by atoms with van der Waals surface area (Å²) < 4.78 is 5.74. The molecule has 0 saturated carbocycles. The lowest BCUT2D eigenvalue weighted by molar-refractivity contribution is -0.917. The number of hydrogen-bond acceptors (Lipinski definition) is 2. The molecule has 1 N–H and O–H groups in total. The van der Waals surface area contributed by atoms with Crippen LogP contribution in [-0.4, -0.2) is 38.2 Å². The smallest absolute Gasteiger partial charge is 0.265 e. The fraction of sp³-hybridized carbons (Fsp3) is 0.381. The first-order valence-corrected chi connectivity index (χ1v) is 10.2. The Balaban J connectivity index is 1.56. The van der Waals surface area contributed by atoms with E-state index in [1.165, 1.54) is 13.1 Å². The Hall–Kier alpha value is -1.75. The van der Waals surface area contributed by atoms with E-state index in [9.17, 15) is 4.79 Å². The Kier molecular flexibility index (Phi) is 5.58. The van der Waals surface area contributed by atoms with Crippen molar-refractivity contribution in [3.8, 4) is 5.75 Å². The third kappa shape index (κ3) is 4.08. The average Bonchev–Trinajstić information content (AvgIpc) is 2.70. The van der Waals surface area contributed by atoms with Gasteiger partial charge in [0.05, 0.1) is 36.4 Å². The lowest BCUT2D eigenvalue weighted by Gasteiger charge is -2.46. The molecule has 3 aliphatic heterocycles. The van der Waals surface area contributed by atoms with Crippen LogP contribution in [0.3, 0.4) is 0 Å². The van der Waals surface area contributed by atoms with Gasteiger partial charge in [0, 0.05) is 17.9 Å². The standard InChI is InChI=1S/C21H22Cl2N2O2/c22-16-5-7-17(8-6-16)27-14-21(26)25(19-4-2-1-3-18(19)23)20-13-24-11-9-15(20)10-12-24/h1-8,15,20H,9-14H2/p+1/t20-/m0/s1. The first kappa shape index (κ1) is 18.6. The van der Waals surface area contributed by atoms with Gasteiger partial charge >= 0.3 is 0 Å². The molecule has 1 atom stereocenters. The Morgan fingerprint density at radius 2 is 1.78 bits per heavy atom. The molecule has 2 aromatic rings. The summed E-state index contributed by atoms with van der Waals surface area (Å²) in [5, 5.41) is 1.24. The van der Waals surface area contributed by atoms with Crippen molar-refractivity contribution in [2.75, 3.05) is 31.1 Å². The molecule has 2 bridgehead atoms. The van der Waals surface area contributed by atoms with E-state index < -0.39 is 0 Å². The number of nitrogens with one attached hydrogen (secondary N) is 1. The largest absolute Gasteiger partial charge is 0.484 e. The highest BCUT2D eigenvalue weighted by molar-refractivity contribution is 6.33. The summed E-state index contributed by atoms with van der Waals surface area (Å²) in [5.74, 6) is 1.10. The number of para-hydroxylation sites is 1. The van der Waals surface area contributed by atoms with Crippen LogP contribution in [-0.2, 0) is 4.79 Å². The summed E-state index contributed by atoms with van der Waals surface area (Å²) >= 11 is 12.4. The molecule has 0 aromatic heterocycles. The molecular formula is C21H23Cl2N2O2+. The van der Waals surface area contributed by atoms with Crippen LogP contribution >= 0.6 is 23.2 Å². The van der Waals surface area contributed by atoms with Crippen molar-refractivity contribution >= 4 is 34.8 Å². The fourth-order valence-electron chi connectivity index (χ4n) is 4.29. The average molecular weight is 406 g/mol. The number of anilines is 1. The van der Waals surface area contributed by atoms with Crippen molar-refractivity contribution in [3.05, 3.63) is 58.6 Å². The molecule has 27 heavy (non-hydrogen) atoms. The number of hydrogen-bond donors (Lipinski definition) is 1. The quantitative estimate of drug-likeness (QED) is 0.828. The Labute approximate surface area is 169 Å². The topological polar surface area (TPSA) is 34.0 Å². The number of quaternary nitrogens is 1. The minimum absolute atomic E-state index is 0.0224. The highest BCUT2D eigenvalue weighted by Crippen LogP contribution is 2.32. The second-order valence-corrected chi connectivity index (χ2v) is 8.16. The molecule has 1 amide bonds. The Morgan fingerprint density at radius 3 is 2.41 bits per heavy atom. The van der Waals surface area contributed by atoms with Gasteiger partial charge in [-0.15, -0.1) is 0 Å². The van der Waals surface area contributed by atoms with Gasteiger partial charge in [0.2, 0.25) is 0 Å². The monoisotopic (exact) mass is 405 g/mol. The second kappa shape index (κ2) is 8.09. The summed E-state index contributed by atoms with van der Waals surface area (Å²) in [4.78, 5) is 16.7. The van der Waals surface area contributed by atoms with Crippen LogP contribution < -0.4 is 14.5 Å². The van der Waals surface area contributed by atoms with Crippen molar-refractivity contribution in [2.45, 2.75) is 18.9 Å². The normalized spacial score (nSPS) is 23.9. The molecule has 142 valence electrons. The van der Waals surface area contributed by atoms with E-state index in [4.69, 9.17) is 27.9 Å². The van der Waals surface area contributed by atoms with Crippen molar-refractivity contribution < 1.29 is 14.4 Å². The lowest BCUT2D eigenvalue weighted by Crippen LogP contribution is -3.17. The van der Waals surface area contributed by atoms with E-state index in [-0.39, 0.29) is 18.6 Å². The minimum Gasteiger partial charge on any atom is -0.484 e. The molecule has 0 unspecified atom stereocenters. The van der Waals surface area contributed by atoms with Crippen LogP contribution in [0.4, 0.5) is 5.69 Å². The van der Waals surface area contributed by atoms with Gasteiger partial charge in [0.25, 0.3) is 5.91 Å². The van der Waals surface area contributed by atoms with Gasteiger partial charge < -0.3 is 9.64 Å². The van der Waals surface area contributed by atoms with Crippen LogP contribution in [0.2, 0.25) is 10.0 Å². The van der Waals surface area contributed by atoms with E-state index in [1.807, 2.05) is 29.2 Å². The van der Waals surface area contributed by atoms with Crippen LogP contribution in [0.5, 0.6) is 5.75 Å². The predicted octanol–water partition coefficient (Wildman–Crippen LogP) is 3.08. The van der Waals surface area contributed by atoms with Gasteiger partial charge in [-0.05, 0) is 42.3 Å². The van der Waals surface area contributed by atoms with E-state index >= 15 is 0 Å². The van der Waals surface area contributed by atoms with E-state index in [2.05, 4.69) is 0 Å². The summed E-state index contributed by atoms with van der Waals surface area (Å²) in [6.07, 6.45) is 2.32. The molecule has 3 fully saturated rings. The lowest BCUT2D eigenvalue weighted by atomic mass is 9.83. The number of carbonyl (C=O) groups excluding carboxylic acids is 1. The van der Waals surface area contributed by atoms with Gasteiger partial charge in [-0.3, -0.25) is 9.69 Å². The third-order valence-corrected chi connectivity index (χ3v) is 6.24. The third-order valence-electron chi connectivity index (χ3n) is 5.67. The molecule has 3 aliphatic rings. The minimum atomic E-state index is -0.0591. The molecule has 0 aliphatic carbocycles. The van der Waals surface area contributed by atoms with Gasteiger partial charge in [-0.2, -0.15) is 0 Å². The molecule has 6 heteroatoms. The van der Waals surface area contributed by atoms with E-state index in [0.717, 1.165) is 25.1 Å². The van der Waals surface area contributed by atoms with Crippen molar-refractivity contribution in [1.82, 2.24) is 0 Å². The number of carbonyl (C=O) groups is 1. The van der Waals surface area contributed by atoms with Crippen LogP contribution in [0, 0.1) is 5.92 Å². The molecule has 3 heterocycles. The summed E-state index contributed by atoms with van der Waals surface area (Å²) in [6.45, 7) is 3.36. The number of rotatable bonds is 5. The number of nitrogens with zero attached hydrogens (tertiary/aromatic N) is 1. The van der Waals surface area contributed by atoms with Gasteiger partial charge in [0.15, 0.2) is 6.61 Å². The highest BCUT2D eigenvalue weighted by Gasteiger charge is 2.43. The maximum atomic E-state index is 13.2. The van der Waals surface area contributed by atoms with Gasteiger partial charge in [-0.25, -0.2) is 0 Å². The number of amides is 1. The zero-order valence-corrected chi connectivity index (χ0v) is 16.5. The Bertz CT molecular complexity index is 804. The number of ether oxygens (including phenoxy) is 1. The zero-order chi connectivity index (χ0) is 18.8. The SMILES string of the molecule is O=C(COc1ccc(Cl)cc1)N(c1ccccc1Cl)[C@H]1C[NH+]2CCC1CC2. The number of fused-ring (bicyclic) bond motifs is 3. The predicted molar refractivity (Wildman–Crippen MR) is 108 cm³/mol. The summed E-state index contributed by atoms with van der Waals surface area (Å²) in [5.41, 5.74) is 0.780. The molecule has 5 rings (SSSR count). The number of benzene rings is 2. The highest BCUT2D eigenvalue weighted by atomic mass is 35.5. The van der Waals surface area contributed by atoms with Crippen LogP contribution in [0.1, 0.15) is 12.8 Å². The summed E-state index contributed by atoms with van der Waals surface area (Å²) in [6, 6.07) is 14.8.